The van der Waals surface area contributed by atoms with Gasteiger partial charge in [-0.1, -0.05) is 0 Å². The highest BCUT2D eigenvalue weighted by molar-refractivity contribution is 5.78. The van der Waals surface area contributed by atoms with Crippen molar-refractivity contribution in [2.24, 2.45) is 0 Å². The number of benzene rings is 1. The Labute approximate surface area is 105 Å². The van der Waals surface area contributed by atoms with Crippen LogP contribution in [0.5, 0.6) is 0 Å². The van der Waals surface area contributed by atoms with Crippen LogP contribution in [0.1, 0.15) is 19.3 Å². The van der Waals surface area contributed by atoms with E-state index in [0.29, 0.717) is 6.04 Å². The van der Waals surface area contributed by atoms with Gasteiger partial charge < -0.3 is 20.6 Å². The number of aromatic amines is 2. The Morgan fingerprint density at radius 1 is 1.11 bits per heavy atom. The Morgan fingerprint density at radius 3 is 2.94 bits per heavy atom. The zero-order valence-corrected chi connectivity index (χ0v) is 10.3. The van der Waals surface area contributed by atoms with Gasteiger partial charge in [0.1, 0.15) is 0 Å². The van der Waals surface area contributed by atoms with Crippen LogP contribution in [0.4, 0.5) is 5.69 Å². The fourth-order valence-electron chi connectivity index (χ4n) is 2.52. The molecular weight excluding hydrogens is 228 g/mol. The highest BCUT2D eigenvalue weighted by Crippen LogP contribution is 2.18. The Morgan fingerprint density at radius 2 is 2.00 bits per heavy atom. The molecule has 0 bridgehead atoms. The third-order valence-electron chi connectivity index (χ3n) is 3.46. The third-order valence-corrected chi connectivity index (χ3v) is 3.46. The summed E-state index contributed by atoms with van der Waals surface area (Å²) in [6.45, 7) is 2.18. The maximum Gasteiger partial charge on any atom is 0.323 e. The Balaban J connectivity index is 1.78. The molecule has 0 spiro atoms. The summed E-state index contributed by atoms with van der Waals surface area (Å²) in [5.74, 6) is 0. The van der Waals surface area contributed by atoms with E-state index in [1.54, 1.807) is 0 Å². The van der Waals surface area contributed by atoms with Crippen LogP contribution in [-0.4, -0.2) is 29.1 Å². The number of imidazole rings is 1. The number of hydrogen-bond acceptors (Lipinski definition) is 3. The second-order valence-corrected chi connectivity index (χ2v) is 4.86. The fourth-order valence-corrected chi connectivity index (χ4v) is 2.52. The second-order valence-electron chi connectivity index (χ2n) is 4.86. The molecule has 0 radical (unpaired) electrons. The minimum Gasteiger partial charge on any atom is -0.382 e. The lowest BCUT2D eigenvalue weighted by molar-refractivity contribution is 0.638. The molecule has 5 heteroatoms. The number of hydrogen-bond donors (Lipinski definition) is 4. The number of rotatable bonds is 2. The van der Waals surface area contributed by atoms with Gasteiger partial charge in [-0.2, -0.15) is 0 Å². The van der Waals surface area contributed by atoms with Gasteiger partial charge in [-0.3, -0.25) is 0 Å². The van der Waals surface area contributed by atoms with Gasteiger partial charge in [0, 0.05) is 11.7 Å². The molecule has 5 nitrogen and oxygen atoms in total. The summed E-state index contributed by atoms with van der Waals surface area (Å²) in [6.07, 6.45) is 3.54. The van der Waals surface area contributed by atoms with E-state index in [1.165, 1.54) is 12.8 Å². The summed E-state index contributed by atoms with van der Waals surface area (Å²) in [4.78, 5) is 16.7. The number of fused-ring (bicyclic) bond motifs is 1. The summed E-state index contributed by atoms with van der Waals surface area (Å²) in [5.41, 5.74) is 2.63. The van der Waals surface area contributed by atoms with Crippen molar-refractivity contribution < 1.29 is 0 Å². The minimum atomic E-state index is -0.152. The van der Waals surface area contributed by atoms with Crippen molar-refractivity contribution >= 4 is 16.7 Å². The highest BCUT2D eigenvalue weighted by Gasteiger charge is 2.11. The van der Waals surface area contributed by atoms with E-state index in [9.17, 15) is 4.79 Å². The maximum atomic E-state index is 11.2. The Kier molecular flexibility index (Phi) is 3.06. The normalized spacial score (nSPS) is 20.8. The van der Waals surface area contributed by atoms with Crippen molar-refractivity contribution in [2.75, 3.05) is 18.4 Å². The van der Waals surface area contributed by atoms with Crippen LogP contribution in [0.25, 0.3) is 11.0 Å². The van der Waals surface area contributed by atoms with Crippen LogP contribution < -0.4 is 16.3 Å². The molecule has 1 saturated heterocycles. The SMILES string of the molecule is O=c1[nH]c2ccc(NC3CCCNCC3)cc2[nH]1. The molecule has 1 fully saturated rings. The smallest absolute Gasteiger partial charge is 0.323 e. The predicted molar refractivity (Wildman–Crippen MR) is 73.1 cm³/mol. The standard InChI is InChI=1S/C13H18N4O/c18-13-16-11-4-3-10(8-12(11)17-13)15-9-2-1-6-14-7-5-9/h3-4,8-9,14-15H,1-2,5-7H2,(H2,16,17,18). The van der Waals surface area contributed by atoms with E-state index in [2.05, 4.69) is 20.6 Å². The lowest BCUT2D eigenvalue weighted by atomic mass is 10.1. The summed E-state index contributed by atoms with van der Waals surface area (Å²) >= 11 is 0. The van der Waals surface area contributed by atoms with Crippen molar-refractivity contribution in [1.29, 1.82) is 0 Å². The predicted octanol–water partition coefficient (Wildman–Crippen LogP) is 1.41. The molecule has 1 aromatic heterocycles. The Bertz CT molecular complexity index is 578. The van der Waals surface area contributed by atoms with E-state index < -0.39 is 0 Å². The summed E-state index contributed by atoms with van der Waals surface area (Å²) in [7, 11) is 0. The molecule has 2 aromatic rings. The van der Waals surface area contributed by atoms with Crippen LogP contribution in [0, 0.1) is 0 Å². The van der Waals surface area contributed by atoms with Gasteiger partial charge in [0.2, 0.25) is 0 Å². The third kappa shape index (κ3) is 2.41. The molecule has 0 saturated carbocycles. The van der Waals surface area contributed by atoms with Gasteiger partial charge >= 0.3 is 5.69 Å². The quantitative estimate of drug-likeness (QED) is 0.647. The largest absolute Gasteiger partial charge is 0.382 e. The lowest BCUT2D eigenvalue weighted by Gasteiger charge is -2.17. The van der Waals surface area contributed by atoms with Crippen molar-refractivity contribution in [3.63, 3.8) is 0 Å². The molecule has 18 heavy (non-hydrogen) atoms. The minimum absolute atomic E-state index is 0.152. The number of anilines is 1. The van der Waals surface area contributed by atoms with Crippen LogP contribution in [0.3, 0.4) is 0 Å². The summed E-state index contributed by atoms with van der Waals surface area (Å²) in [5, 5.41) is 6.95. The first-order valence-electron chi connectivity index (χ1n) is 6.50. The molecule has 2 heterocycles. The van der Waals surface area contributed by atoms with Crippen molar-refractivity contribution in [3.05, 3.63) is 28.7 Å². The molecule has 1 aromatic carbocycles. The molecule has 0 aliphatic carbocycles. The van der Waals surface area contributed by atoms with Gasteiger partial charge in [-0.15, -0.1) is 0 Å². The summed E-state index contributed by atoms with van der Waals surface area (Å²) in [6, 6.07) is 6.46. The molecule has 1 atom stereocenters. The van der Waals surface area contributed by atoms with Gasteiger partial charge in [0.05, 0.1) is 11.0 Å². The van der Waals surface area contributed by atoms with E-state index in [4.69, 9.17) is 0 Å². The zero-order valence-electron chi connectivity index (χ0n) is 10.3. The zero-order chi connectivity index (χ0) is 12.4. The second kappa shape index (κ2) is 4.86. The highest BCUT2D eigenvalue weighted by atomic mass is 16.1. The van der Waals surface area contributed by atoms with E-state index in [0.717, 1.165) is 36.2 Å². The molecule has 0 amide bonds. The fraction of sp³-hybridized carbons (Fsp3) is 0.462. The van der Waals surface area contributed by atoms with Crippen LogP contribution in [0.15, 0.2) is 23.0 Å². The number of H-pyrrole nitrogens is 2. The van der Waals surface area contributed by atoms with Crippen LogP contribution in [0.2, 0.25) is 0 Å². The molecule has 1 aliphatic rings. The van der Waals surface area contributed by atoms with Gasteiger partial charge in [0.15, 0.2) is 0 Å². The van der Waals surface area contributed by atoms with Crippen LogP contribution >= 0.6 is 0 Å². The number of aromatic nitrogens is 2. The van der Waals surface area contributed by atoms with Gasteiger partial charge in [-0.25, -0.2) is 4.79 Å². The number of nitrogens with one attached hydrogen (secondary N) is 4. The molecule has 3 rings (SSSR count). The average molecular weight is 246 g/mol. The topological polar surface area (TPSA) is 72.7 Å². The van der Waals surface area contributed by atoms with E-state index in [1.807, 2.05) is 18.2 Å². The first-order chi connectivity index (χ1) is 8.81. The molecule has 1 aliphatic heterocycles. The molecule has 1 unspecified atom stereocenters. The van der Waals surface area contributed by atoms with Gasteiger partial charge in [0.25, 0.3) is 0 Å². The van der Waals surface area contributed by atoms with Crippen molar-refractivity contribution in [3.8, 4) is 0 Å². The molecular formula is C13H18N4O. The van der Waals surface area contributed by atoms with Gasteiger partial charge in [-0.05, 0) is 50.6 Å². The van der Waals surface area contributed by atoms with Crippen LogP contribution in [-0.2, 0) is 0 Å². The first kappa shape index (κ1) is 11.3. The van der Waals surface area contributed by atoms with Crippen molar-refractivity contribution in [2.45, 2.75) is 25.3 Å². The van der Waals surface area contributed by atoms with Crippen molar-refractivity contribution in [1.82, 2.24) is 15.3 Å². The summed E-state index contributed by atoms with van der Waals surface area (Å²) < 4.78 is 0. The first-order valence-corrected chi connectivity index (χ1v) is 6.50. The van der Waals surface area contributed by atoms with E-state index in [-0.39, 0.29) is 5.69 Å². The average Bonchev–Trinajstić information content (AvgIpc) is 2.56. The maximum absolute atomic E-state index is 11.2. The monoisotopic (exact) mass is 246 g/mol. The molecule has 4 N–H and O–H groups in total. The molecule has 96 valence electrons. The Hall–Kier alpha value is -1.75. The van der Waals surface area contributed by atoms with E-state index >= 15 is 0 Å². The lowest BCUT2D eigenvalue weighted by Crippen LogP contribution is -2.21.